The Bertz CT molecular complexity index is 865. The Morgan fingerprint density at radius 3 is 2.21 bits per heavy atom. The number of carbonyl (C=O) groups excluding carboxylic acids is 2. The number of hydrogen-bond donors (Lipinski definition) is 3. The van der Waals surface area contributed by atoms with E-state index in [4.69, 9.17) is 11.6 Å². The lowest BCUT2D eigenvalue weighted by Gasteiger charge is -2.19. The van der Waals surface area contributed by atoms with E-state index in [0.717, 1.165) is 11.3 Å². The van der Waals surface area contributed by atoms with Gasteiger partial charge in [-0.25, -0.2) is 4.79 Å². The van der Waals surface area contributed by atoms with Crippen molar-refractivity contribution in [2.75, 3.05) is 36.2 Å². The third-order valence-corrected chi connectivity index (χ3v) is 4.49. The molecule has 0 atom stereocenters. The van der Waals surface area contributed by atoms with Crippen LogP contribution in [0, 0.1) is 12.8 Å². The first kappa shape index (κ1) is 21.6. The van der Waals surface area contributed by atoms with Gasteiger partial charge in [-0.2, -0.15) is 0 Å². The van der Waals surface area contributed by atoms with Crippen LogP contribution in [0.3, 0.4) is 0 Å². The predicted octanol–water partition coefficient (Wildman–Crippen LogP) is 4.74. The van der Waals surface area contributed by atoms with Crippen molar-refractivity contribution in [3.63, 3.8) is 0 Å². The molecular weight excluding hydrogens is 376 g/mol. The maximum Gasteiger partial charge on any atom is 0.323 e. The third-order valence-electron chi connectivity index (χ3n) is 4.08. The third kappa shape index (κ3) is 5.89. The summed E-state index contributed by atoms with van der Waals surface area (Å²) in [6.45, 7) is 6.54. The van der Waals surface area contributed by atoms with Gasteiger partial charge in [0.1, 0.15) is 0 Å². The fourth-order valence-corrected chi connectivity index (χ4v) is 2.72. The number of halogens is 1. The Balaban J connectivity index is 2.16. The van der Waals surface area contributed by atoms with Gasteiger partial charge in [-0.3, -0.25) is 4.79 Å². The van der Waals surface area contributed by atoms with E-state index in [2.05, 4.69) is 16.0 Å². The summed E-state index contributed by atoms with van der Waals surface area (Å²) in [5.41, 5.74) is 3.33. The molecule has 2 aromatic carbocycles. The molecule has 6 nitrogen and oxygen atoms in total. The van der Waals surface area contributed by atoms with Crippen molar-refractivity contribution in [2.24, 2.45) is 5.92 Å². The molecule has 0 fully saturated rings. The van der Waals surface area contributed by atoms with Crippen LogP contribution in [0.25, 0.3) is 0 Å². The lowest BCUT2D eigenvalue weighted by Crippen LogP contribution is -2.29. The Kier molecular flexibility index (Phi) is 7.29. The molecule has 0 aliphatic heterocycles. The van der Waals surface area contributed by atoms with Gasteiger partial charge < -0.3 is 20.9 Å². The summed E-state index contributed by atoms with van der Waals surface area (Å²) in [7, 11) is 3.74. The highest BCUT2D eigenvalue weighted by molar-refractivity contribution is 6.31. The van der Waals surface area contributed by atoms with E-state index < -0.39 is 6.03 Å². The zero-order chi connectivity index (χ0) is 20.8. The zero-order valence-corrected chi connectivity index (χ0v) is 17.6. The monoisotopic (exact) mass is 402 g/mol. The number of aryl methyl sites for hydroxylation is 1. The van der Waals surface area contributed by atoms with E-state index in [1.165, 1.54) is 0 Å². The molecule has 7 heteroatoms. The van der Waals surface area contributed by atoms with Crippen LogP contribution in [0.15, 0.2) is 36.4 Å². The maximum atomic E-state index is 12.6. The van der Waals surface area contributed by atoms with Crippen molar-refractivity contribution in [1.29, 1.82) is 0 Å². The van der Waals surface area contributed by atoms with Gasteiger partial charge in [0.05, 0.1) is 5.56 Å². The van der Waals surface area contributed by atoms with E-state index in [0.29, 0.717) is 34.4 Å². The lowest BCUT2D eigenvalue weighted by molar-refractivity contribution is 0.0949. The summed E-state index contributed by atoms with van der Waals surface area (Å²) in [6, 6.07) is 10.1. The van der Waals surface area contributed by atoms with E-state index >= 15 is 0 Å². The number of hydrogen-bond acceptors (Lipinski definition) is 3. The van der Waals surface area contributed by atoms with Crippen molar-refractivity contribution in [2.45, 2.75) is 20.8 Å². The van der Waals surface area contributed by atoms with Gasteiger partial charge in [0.15, 0.2) is 0 Å². The first-order valence-electron chi connectivity index (χ1n) is 9.11. The van der Waals surface area contributed by atoms with Crippen LogP contribution in [-0.2, 0) is 0 Å². The number of nitrogens with zero attached hydrogens (tertiary/aromatic N) is 1. The van der Waals surface area contributed by atoms with Crippen molar-refractivity contribution in [3.05, 3.63) is 52.5 Å². The normalized spacial score (nSPS) is 10.5. The molecule has 150 valence electrons. The number of rotatable bonds is 6. The van der Waals surface area contributed by atoms with Gasteiger partial charge in [0.25, 0.3) is 5.91 Å². The largest absolute Gasteiger partial charge is 0.377 e. The lowest BCUT2D eigenvalue weighted by atomic mass is 10.1. The SMILES string of the molecule is Cc1ccc(NC(=O)Nc2ccc(N(C)C)c(C(=O)NCC(C)C)c2)cc1Cl. The minimum atomic E-state index is -0.411. The first-order chi connectivity index (χ1) is 13.2. The average Bonchev–Trinajstić information content (AvgIpc) is 2.62. The Morgan fingerprint density at radius 2 is 1.64 bits per heavy atom. The van der Waals surface area contributed by atoms with Crippen LogP contribution in [0.5, 0.6) is 0 Å². The topological polar surface area (TPSA) is 73.5 Å². The number of amides is 3. The number of carbonyl (C=O) groups is 2. The molecule has 0 aromatic heterocycles. The van der Waals surface area contributed by atoms with Crippen molar-refractivity contribution in [3.8, 4) is 0 Å². The molecule has 0 spiro atoms. The highest BCUT2D eigenvalue weighted by Crippen LogP contribution is 2.24. The van der Waals surface area contributed by atoms with E-state index in [9.17, 15) is 9.59 Å². The molecule has 0 saturated heterocycles. The fraction of sp³-hybridized carbons (Fsp3) is 0.333. The second kappa shape index (κ2) is 9.46. The van der Waals surface area contributed by atoms with Crippen LogP contribution in [0.2, 0.25) is 5.02 Å². The molecule has 0 unspecified atom stereocenters. The summed E-state index contributed by atoms with van der Waals surface area (Å²) in [5, 5.41) is 9.00. The molecule has 3 amide bonds. The van der Waals surface area contributed by atoms with Crippen molar-refractivity contribution in [1.82, 2.24) is 5.32 Å². The van der Waals surface area contributed by atoms with Crippen LogP contribution in [0.1, 0.15) is 29.8 Å². The van der Waals surface area contributed by atoms with Crippen LogP contribution in [0.4, 0.5) is 21.9 Å². The fourth-order valence-electron chi connectivity index (χ4n) is 2.54. The smallest absolute Gasteiger partial charge is 0.323 e. The van der Waals surface area contributed by atoms with Crippen LogP contribution in [-0.4, -0.2) is 32.6 Å². The minimum Gasteiger partial charge on any atom is -0.377 e. The maximum absolute atomic E-state index is 12.6. The minimum absolute atomic E-state index is 0.174. The Hall–Kier alpha value is -2.73. The molecule has 2 rings (SSSR count). The summed E-state index contributed by atoms with van der Waals surface area (Å²) in [4.78, 5) is 26.8. The Labute approximate surface area is 171 Å². The quantitative estimate of drug-likeness (QED) is 0.653. The molecule has 0 aliphatic carbocycles. The zero-order valence-electron chi connectivity index (χ0n) is 16.9. The molecule has 0 aliphatic rings. The van der Waals surface area contributed by atoms with Crippen molar-refractivity contribution >= 4 is 40.6 Å². The van der Waals surface area contributed by atoms with E-state index in [1.807, 2.05) is 51.9 Å². The first-order valence-corrected chi connectivity index (χ1v) is 9.49. The highest BCUT2D eigenvalue weighted by Gasteiger charge is 2.15. The molecule has 0 heterocycles. The van der Waals surface area contributed by atoms with E-state index in [-0.39, 0.29) is 5.91 Å². The second-order valence-corrected chi connectivity index (χ2v) is 7.68. The molecule has 3 N–H and O–H groups in total. The number of nitrogens with one attached hydrogen (secondary N) is 3. The predicted molar refractivity (Wildman–Crippen MR) is 117 cm³/mol. The molecule has 0 saturated carbocycles. The molecule has 2 aromatic rings. The van der Waals surface area contributed by atoms with Crippen LogP contribution >= 0.6 is 11.6 Å². The van der Waals surface area contributed by atoms with Gasteiger partial charge in [-0.15, -0.1) is 0 Å². The summed E-state index contributed by atoms with van der Waals surface area (Å²) in [5.74, 6) is 0.173. The molecule has 0 bridgehead atoms. The van der Waals surface area contributed by atoms with Crippen molar-refractivity contribution < 1.29 is 9.59 Å². The van der Waals surface area contributed by atoms with Gasteiger partial charge >= 0.3 is 6.03 Å². The molecule has 28 heavy (non-hydrogen) atoms. The summed E-state index contributed by atoms with van der Waals surface area (Å²) >= 11 is 6.09. The summed E-state index contributed by atoms with van der Waals surface area (Å²) < 4.78 is 0. The molecular formula is C21H27ClN4O2. The average molecular weight is 403 g/mol. The second-order valence-electron chi connectivity index (χ2n) is 7.27. The van der Waals surface area contributed by atoms with Gasteiger partial charge in [-0.1, -0.05) is 31.5 Å². The van der Waals surface area contributed by atoms with Gasteiger partial charge in [-0.05, 0) is 48.7 Å². The Morgan fingerprint density at radius 1 is 1.04 bits per heavy atom. The number of anilines is 3. The van der Waals surface area contributed by atoms with E-state index in [1.54, 1.807) is 24.3 Å². The van der Waals surface area contributed by atoms with Gasteiger partial charge in [0, 0.05) is 42.7 Å². The van der Waals surface area contributed by atoms with Crippen LogP contribution < -0.4 is 20.9 Å². The van der Waals surface area contributed by atoms with Gasteiger partial charge in [0.2, 0.25) is 0 Å². The standard InChI is InChI=1S/C21H27ClN4O2/c1-13(2)12-23-20(27)17-10-15(8-9-19(17)26(4)5)24-21(28)25-16-7-6-14(3)18(22)11-16/h6-11,13H,12H2,1-5H3,(H,23,27)(H2,24,25,28). The highest BCUT2D eigenvalue weighted by atomic mass is 35.5. The molecule has 0 radical (unpaired) electrons. The summed E-state index contributed by atoms with van der Waals surface area (Å²) in [6.07, 6.45) is 0. The number of urea groups is 1. The number of benzene rings is 2.